The Morgan fingerprint density at radius 1 is 1.11 bits per heavy atom. The van der Waals surface area contributed by atoms with Crippen LogP contribution in [0.5, 0.6) is 0 Å². The first-order valence-electron chi connectivity index (χ1n) is 10.9. The van der Waals surface area contributed by atoms with Gasteiger partial charge in [0.25, 0.3) is 0 Å². The van der Waals surface area contributed by atoms with Gasteiger partial charge in [0.1, 0.15) is 5.82 Å². The molecular formula is C25H41N3. The number of hydrogen-bond donors (Lipinski definition) is 0. The Labute approximate surface area is 173 Å². The monoisotopic (exact) mass is 383 g/mol. The Balaban J connectivity index is 1.93. The van der Waals surface area contributed by atoms with Crippen LogP contribution in [0.1, 0.15) is 66.2 Å². The molecule has 0 N–H and O–H groups in total. The summed E-state index contributed by atoms with van der Waals surface area (Å²) in [5.74, 6) is 1.86. The number of allylic oxidation sites excluding steroid dienone is 2. The fourth-order valence-corrected chi connectivity index (χ4v) is 4.38. The summed E-state index contributed by atoms with van der Waals surface area (Å²) in [6, 6.07) is 6.83. The largest absolute Gasteiger partial charge is 0.329 e. The van der Waals surface area contributed by atoms with Crippen molar-refractivity contribution >= 4 is 5.82 Å². The molecule has 1 fully saturated rings. The van der Waals surface area contributed by atoms with Gasteiger partial charge in [-0.2, -0.15) is 0 Å². The van der Waals surface area contributed by atoms with Gasteiger partial charge in [-0.1, -0.05) is 39.0 Å². The SMILES string of the molecule is C=C(C)CC1CCC(N(C)CCN(C(=C)CC(C)(C)C)c2ccccn2)CC1. The molecule has 28 heavy (non-hydrogen) atoms. The van der Waals surface area contributed by atoms with Crippen LogP contribution in [-0.2, 0) is 0 Å². The highest BCUT2D eigenvalue weighted by Crippen LogP contribution is 2.31. The zero-order valence-electron chi connectivity index (χ0n) is 18.9. The van der Waals surface area contributed by atoms with Crippen molar-refractivity contribution in [2.45, 2.75) is 72.3 Å². The van der Waals surface area contributed by atoms with Crippen LogP contribution in [-0.4, -0.2) is 36.1 Å². The molecule has 3 nitrogen and oxygen atoms in total. The molecule has 0 atom stereocenters. The molecule has 1 saturated carbocycles. The second-order valence-electron chi connectivity index (χ2n) is 9.96. The van der Waals surface area contributed by atoms with Crippen LogP contribution in [0, 0.1) is 11.3 Å². The average molecular weight is 384 g/mol. The minimum absolute atomic E-state index is 0.220. The van der Waals surface area contributed by atoms with Crippen molar-refractivity contribution in [3.8, 4) is 0 Å². The highest BCUT2D eigenvalue weighted by Gasteiger charge is 2.25. The lowest BCUT2D eigenvalue weighted by Crippen LogP contribution is -2.40. The van der Waals surface area contributed by atoms with Gasteiger partial charge in [-0.15, -0.1) is 6.58 Å². The van der Waals surface area contributed by atoms with Gasteiger partial charge in [0.2, 0.25) is 0 Å². The zero-order chi connectivity index (χ0) is 20.7. The first kappa shape index (κ1) is 22.7. The molecule has 0 aliphatic heterocycles. The summed E-state index contributed by atoms with van der Waals surface area (Å²) in [5, 5.41) is 0. The lowest BCUT2D eigenvalue weighted by Gasteiger charge is -2.37. The van der Waals surface area contributed by atoms with Gasteiger partial charge < -0.3 is 9.80 Å². The van der Waals surface area contributed by atoms with E-state index in [1.54, 1.807) is 0 Å². The number of anilines is 1. The summed E-state index contributed by atoms with van der Waals surface area (Å²) in [6.45, 7) is 19.4. The van der Waals surface area contributed by atoms with Crippen LogP contribution < -0.4 is 4.90 Å². The highest BCUT2D eigenvalue weighted by molar-refractivity contribution is 5.45. The van der Waals surface area contributed by atoms with E-state index in [9.17, 15) is 0 Å². The number of pyridine rings is 1. The van der Waals surface area contributed by atoms with Crippen molar-refractivity contribution in [2.75, 3.05) is 25.0 Å². The van der Waals surface area contributed by atoms with E-state index in [-0.39, 0.29) is 5.41 Å². The lowest BCUT2D eigenvalue weighted by molar-refractivity contribution is 0.168. The van der Waals surface area contributed by atoms with Crippen molar-refractivity contribution < 1.29 is 0 Å². The number of rotatable bonds is 9. The van der Waals surface area contributed by atoms with Gasteiger partial charge in [0, 0.05) is 31.0 Å². The molecule has 1 aromatic rings. The molecule has 0 bridgehead atoms. The fourth-order valence-electron chi connectivity index (χ4n) is 4.38. The molecule has 0 saturated heterocycles. The molecule has 1 aliphatic rings. The molecule has 0 spiro atoms. The highest BCUT2D eigenvalue weighted by atomic mass is 15.2. The minimum Gasteiger partial charge on any atom is -0.329 e. The molecule has 1 aliphatic carbocycles. The molecular weight excluding hydrogens is 342 g/mol. The molecule has 0 aromatic carbocycles. The smallest absolute Gasteiger partial charge is 0.132 e. The number of hydrogen-bond acceptors (Lipinski definition) is 3. The Morgan fingerprint density at radius 2 is 1.79 bits per heavy atom. The Kier molecular flexibility index (Phi) is 8.30. The van der Waals surface area contributed by atoms with Crippen LogP contribution in [0.3, 0.4) is 0 Å². The summed E-state index contributed by atoms with van der Waals surface area (Å²) >= 11 is 0. The number of nitrogens with zero attached hydrogens (tertiary/aromatic N) is 3. The van der Waals surface area contributed by atoms with Gasteiger partial charge in [-0.3, -0.25) is 0 Å². The standard InChI is InChI=1S/C25H41N3/c1-20(2)18-22-11-13-23(14-12-22)27(7)16-17-28(21(3)19-25(4,5)6)24-10-8-9-15-26-24/h8-10,15,22-23H,1,3,11-14,16-19H2,2,4-7H3. The molecule has 0 radical (unpaired) electrons. The van der Waals surface area contributed by atoms with E-state index in [1.807, 2.05) is 12.3 Å². The topological polar surface area (TPSA) is 19.4 Å². The van der Waals surface area contributed by atoms with Crippen molar-refractivity contribution in [3.63, 3.8) is 0 Å². The predicted octanol–water partition coefficient (Wildman–Crippen LogP) is 6.29. The lowest BCUT2D eigenvalue weighted by atomic mass is 9.82. The van der Waals surface area contributed by atoms with Crippen LogP contribution in [0.25, 0.3) is 0 Å². The zero-order valence-corrected chi connectivity index (χ0v) is 18.9. The molecule has 1 aromatic heterocycles. The van der Waals surface area contributed by atoms with E-state index in [0.29, 0.717) is 6.04 Å². The fraction of sp³-hybridized carbons (Fsp3) is 0.640. The van der Waals surface area contributed by atoms with Gasteiger partial charge in [-0.05, 0) is 76.0 Å². The van der Waals surface area contributed by atoms with E-state index in [2.05, 4.69) is 74.8 Å². The van der Waals surface area contributed by atoms with E-state index < -0.39 is 0 Å². The van der Waals surface area contributed by atoms with Crippen LogP contribution in [0.15, 0.2) is 48.8 Å². The maximum atomic E-state index is 4.60. The Morgan fingerprint density at radius 3 is 2.32 bits per heavy atom. The van der Waals surface area contributed by atoms with Crippen LogP contribution >= 0.6 is 0 Å². The third kappa shape index (κ3) is 7.43. The van der Waals surface area contributed by atoms with Gasteiger partial charge in [0.15, 0.2) is 0 Å². The van der Waals surface area contributed by atoms with E-state index in [4.69, 9.17) is 0 Å². The predicted molar refractivity (Wildman–Crippen MR) is 123 cm³/mol. The van der Waals surface area contributed by atoms with E-state index in [1.165, 1.54) is 37.7 Å². The Hall–Kier alpha value is -1.61. The average Bonchev–Trinajstić information content (AvgIpc) is 2.61. The van der Waals surface area contributed by atoms with Gasteiger partial charge in [0.05, 0.1) is 0 Å². The van der Waals surface area contributed by atoms with Crippen molar-refractivity contribution in [1.29, 1.82) is 0 Å². The van der Waals surface area contributed by atoms with Crippen molar-refractivity contribution in [2.24, 2.45) is 11.3 Å². The molecule has 156 valence electrons. The maximum Gasteiger partial charge on any atom is 0.132 e. The van der Waals surface area contributed by atoms with Gasteiger partial charge >= 0.3 is 0 Å². The van der Waals surface area contributed by atoms with Gasteiger partial charge in [-0.25, -0.2) is 4.98 Å². The van der Waals surface area contributed by atoms with Crippen molar-refractivity contribution in [1.82, 2.24) is 9.88 Å². The normalized spacial score (nSPS) is 20.2. The quantitative estimate of drug-likeness (QED) is 0.467. The van der Waals surface area contributed by atoms with Crippen molar-refractivity contribution in [3.05, 3.63) is 48.8 Å². The third-order valence-electron chi connectivity index (χ3n) is 5.80. The summed E-state index contributed by atoms with van der Waals surface area (Å²) in [6.07, 6.45) is 9.34. The molecule has 2 rings (SSSR count). The first-order valence-corrected chi connectivity index (χ1v) is 10.9. The second-order valence-corrected chi connectivity index (χ2v) is 9.96. The number of aromatic nitrogens is 1. The third-order valence-corrected chi connectivity index (χ3v) is 5.80. The molecule has 0 unspecified atom stereocenters. The summed E-state index contributed by atoms with van der Waals surface area (Å²) in [5.41, 5.74) is 2.71. The van der Waals surface area contributed by atoms with Crippen LogP contribution in [0.4, 0.5) is 5.82 Å². The second kappa shape index (κ2) is 10.2. The summed E-state index contributed by atoms with van der Waals surface area (Å²) < 4.78 is 0. The molecule has 1 heterocycles. The minimum atomic E-state index is 0.220. The maximum absolute atomic E-state index is 4.60. The summed E-state index contributed by atoms with van der Waals surface area (Å²) in [7, 11) is 2.28. The molecule has 3 heteroatoms. The first-order chi connectivity index (χ1) is 13.2. The van der Waals surface area contributed by atoms with E-state index in [0.717, 1.165) is 36.9 Å². The van der Waals surface area contributed by atoms with Crippen LogP contribution in [0.2, 0.25) is 0 Å². The number of likely N-dealkylation sites (N-methyl/N-ethyl adjacent to an activating group) is 1. The molecule has 0 amide bonds. The Bertz CT molecular complexity index is 621. The van der Waals surface area contributed by atoms with E-state index >= 15 is 0 Å². The summed E-state index contributed by atoms with van der Waals surface area (Å²) in [4.78, 5) is 9.46.